The Morgan fingerprint density at radius 3 is 2.61 bits per heavy atom. The van der Waals surface area contributed by atoms with Gasteiger partial charge in [-0.25, -0.2) is 9.78 Å². The molecule has 5 nitrogen and oxygen atoms in total. The Kier molecular flexibility index (Phi) is 6.38. The number of amides is 2. The first-order valence-electron chi connectivity index (χ1n) is 7.42. The molecule has 2 aromatic rings. The minimum atomic E-state index is -0.292. The van der Waals surface area contributed by atoms with E-state index in [1.807, 2.05) is 32.3 Å². The fourth-order valence-electron chi connectivity index (χ4n) is 2.18. The van der Waals surface area contributed by atoms with Crippen molar-refractivity contribution in [1.82, 2.24) is 15.2 Å². The zero-order valence-electron chi connectivity index (χ0n) is 13.3. The van der Waals surface area contributed by atoms with Gasteiger partial charge in [-0.05, 0) is 38.2 Å². The summed E-state index contributed by atoms with van der Waals surface area (Å²) in [6, 6.07) is 13.6. The van der Waals surface area contributed by atoms with Crippen LogP contribution in [0.5, 0.6) is 0 Å². The quantitative estimate of drug-likeness (QED) is 0.799. The molecule has 1 aromatic heterocycles. The van der Waals surface area contributed by atoms with Crippen molar-refractivity contribution < 1.29 is 4.79 Å². The van der Waals surface area contributed by atoms with E-state index in [-0.39, 0.29) is 17.2 Å². The third kappa shape index (κ3) is 5.54. The highest BCUT2D eigenvalue weighted by atomic mass is 35.5. The minimum absolute atomic E-state index is 0.201. The van der Waals surface area contributed by atoms with Crippen LogP contribution >= 0.6 is 11.6 Å². The van der Waals surface area contributed by atoms with E-state index in [0.717, 1.165) is 6.42 Å². The average Bonchev–Trinajstić information content (AvgIpc) is 2.54. The number of hydrogen-bond acceptors (Lipinski definition) is 3. The molecule has 2 rings (SSSR count). The lowest BCUT2D eigenvalue weighted by Gasteiger charge is -2.25. The van der Waals surface area contributed by atoms with E-state index in [2.05, 4.69) is 32.7 Å². The van der Waals surface area contributed by atoms with Crippen LogP contribution in [0.2, 0.25) is 5.15 Å². The highest BCUT2D eigenvalue weighted by Crippen LogP contribution is 2.17. The number of pyridine rings is 1. The Bertz CT molecular complexity index is 634. The van der Waals surface area contributed by atoms with Crippen molar-refractivity contribution in [2.45, 2.75) is 12.5 Å². The Morgan fingerprint density at radius 1 is 1.22 bits per heavy atom. The number of carbonyl (C=O) groups excluding carboxylic acids is 1. The number of likely N-dealkylation sites (N-methyl/N-ethyl adjacent to an activating group) is 1. The van der Waals surface area contributed by atoms with Gasteiger partial charge in [0, 0.05) is 18.8 Å². The van der Waals surface area contributed by atoms with Crippen LogP contribution in [-0.4, -0.2) is 42.6 Å². The van der Waals surface area contributed by atoms with Gasteiger partial charge in [0.2, 0.25) is 0 Å². The topological polar surface area (TPSA) is 57.3 Å². The van der Waals surface area contributed by atoms with Gasteiger partial charge in [-0.2, -0.15) is 0 Å². The largest absolute Gasteiger partial charge is 0.336 e. The van der Waals surface area contributed by atoms with Crippen LogP contribution in [0.25, 0.3) is 0 Å². The van der Waals surface area contributed by atoms with Crippen molar-refractivity contribution in [3.63, 3.8) is 0 Å². The molecule has 0 bridgehead atoms. The van der Waals surface area contributed by atoms with Crippen molar-refractivity contribution in [1.29, 1.82) is 0 Å². The summed E-state index contributed by atoms with van der Waals surface area (Å²) in [7, 11) is 4.01. The van der Waals surface area contributed by atoms with Crippen molar-refractivity contribution in [3.8, 4) is 0 Å². The van der Waals surface area contributed by atoms with Gasteiger partial charge in [-0.1, -0.05) is 41.9 Å². The Hall–Kier alpha value is -2.11. The predicted octanol–water partition coefficient (Wildman–Crippen LogP) is 3.03. The summed E-state index contributed by atoms with van der Waals surface area (Å²) < 4.78 is 0. The van der Waals surface area contributed by atoms with Crippen molar-refractivity contribution in [3.05, 3.63) is 59.4 Å². The second kappa shape index (κ2) is 8.50. The number of nitrogens with zero attached hydrogens (tertiary/aromatic N) is 2. The summed E-state index contributed by atoms with van der Waals surface area (Å²) in [6.45, 7) is 0.533. The number of benzene rings is 1. The maximum atomic E-state index is 12.0. The SMILES string of the molecule is CN(C)[C@H](CNC(=O)Nc1cccnc1Cl)Cc1ccccc1. The molecule has 2 amide bonds. The molecule has 2 N–H and O–H groups in total. The van der Waals surface area contributed by atoms with Gasteiger partial charge in [-0.15, -0.1) is 0 Å². The fraction of sp³-hybridized carbons (Fsp3) is 0.294. The molecule has 0 fully saturated rings. The Morgan fingerprint density at radius 2 is 1.96 bits per heavy atom. The molecule has 1 heterocycles. The summed E-state index contributed by atoms with van der Waals surface area (Å²) >= 11 is 5.93. The molecule has 0 aliphatic carbocycles. The molecule has 0 aliphatic rings. The molecule has 0 radical (unpaired) electrons. The molecule has 0 spiro atoms. The molecule has 0 unspecified atom stereocenters. The number of aromatic nitrogens is 1. The molecule has 1 atom stereocenters. The van der Waals surface area contributed by atoms with Gasteiger partial charge in [-0.3, -0.25) is 0 Å². The highest BCUT2D eigenvalue weighted by molar-refractivity contribution is 6.32. The lowest BCUT2D eigenvalue weighted by molar-refractivity contribution is 0.242. The molecule has 0 aliphatic heterocycles. The van der Waals surface area contributed by atoms with E-state index in [1.165, 1.54) is 5.56 Å². The third-order valence-corrected chi connectivity index (χ3v) is 3.85. The second-order valence-corrected chi connectivity index (χ2v) is 5.84. The van der Waals surface area contributed by atoms with Gasteiger partial charge >= 0.3 is 6.03 Å². The van der Waals surface area contributed by atoms with Crippen molar-refractivity contribution >= 4 is 23.3 Å². The van der Waals surface area contributed by atoms with E-state index < -0.39 is 0 Å². The lowest BCUT2D eigenvalue weighted by atomic mass is 10.1. The van der Waals surface area contributed by atoms with Crippen molar-refractivity contribution in [2.75, 3.05) is 26.0 Å². The van der Waals surface area contributed by atoms with E-state index in [9.17, 15) is 4.79 Å². The van der Waals surface area contributed by atoms with Crippen LogP contribution in [0.15, 0.2) is 48.7 Å². The lowest BCUT2D eigenvalue weighted by Crippen LogP contribution is -2.43. The number of hydrogen-bond donors (Lipinski definition) is 2. The summed E-state index contributed by atoms with van der Waals surface area (Å²) in [6.07, 6.45) is 2.44. The molecular weight excluding hydrogens is 312 g/mol. The maximum Gasteiger partial charge on any atom is 0.319 e. The Labute approximate surface area is 141 Å². The molecule has 1 aromatic carbocycles. The Balaban J connectivity index is 1.88. The van der Waals surface area contributed by atoms with Gasteiger partial charge < -0.3 is 15.5 Å². The minimum Gasteiger partial charge on any atom is -0.336 e. The first kappa shape index (κ1) is 17.2. The van der Waals surface area contributed by atoms with Crippen LogP contribution in [0, 0.1) is 0 Å². The number of anilines is 1. The number of carbonyl (C=O) groups is 1. The zero-order valence-corrected chi connectivity index (χ0v) is 14.0. The van der Waals surface area contributed by atoms with E-state index in [1.54, 1.807) is 18.3 Å². The maximum absolute atomic E-state index is 12.0. The van der Waals surface area contributed by atoms with E-state index in [4.69, 9.17) is 11.6 Å². The first-order chi connectivity index (χ1) is 11.1. The summed E-state index contributed by atoms with van der Waals surface area (Å²) in [5, 5.41) is 5.86. The smallest absolute Gasteiger partial charge is 0.319 e. The molecule has 0 saturated heterocycles. The normalized spacial score (nSPS) is 12.0. The summed E-state index contributed by atoms with van der Waals surface area (Å²) in [5.41, 5.74) is 1.74. The summed E-state index contributed by atoms with van der Waals surface area (Å²) in [4.78, 5) is 18.0. The van der Waals surface area contributed by atoms with Crippen LogP contribution < -0.4 is 10.6 Å². The van der Waals surface area contributed by atoms with Gasteiger partial charge in [0.1, 0.15) is 0 Å². The van der Waals surface area contributed by atoms with Crippen LogP contribution in [0.3, 0.4) is 0 Å². The average molecular weight is 333 g/mol. The number of nitrogens with one attached hydrogen (secondary N) is 2. The van der Waals surface area contributed by atoms with Crippen LogP contribution in [0.1, 0.15) is 5.56 Å². The highest BCUT2D eigenvalue weighted by Gasteiger charge is 2.14. The molecule has 6 heteroatoms. The van der Waals surface area contributed by atoms with Crippen molar-refractivity contribution in [2.24, 2.45) is 0 Å². The third-order valence-electron chi connectivity index (χ3n) is 3.55. The first-order valence-corrected chi connectivity index (χ1v) is 7.80. The van der Waals surface area contributed by atoms with Gasteiger partial charge in [0.15, 0.2) is 5.15 Å². The monoisotopic (exact) mass is 332 g/mol. The fourth-order valence-corrected chi connectivity index (χ4v) is 2.35. The van der Waals surface area contributed by atoms with Gasteiger partial charge in [0.05, 0.1) is 5.69 Å². The molecule has 0 saturated carbocycles. The molecule has 122 valence electrons. The second-order valence-electron chi connectivity index (χ2n) is 5.48. The zero-order chi connectivity index (χ0) is 16.7. The van der Waals surface area contributed by atoms with E-state index >= 15 is 0 Å². The number of halogens is 1. The molecule has 23 heavy (non-hydrogen) atoms. The van der Waals surface area contributed by atoms with Gasteiger partial charge in [0.25, 0.3) is 0 Å². The van der Waals surface area contributed by atoms with Crippen LogP contribution in [-0.2, 0) is 6.42 Å². The predicted molar refractivity (Wildman–Crippen MR) is 93.9 cm³/mol. The van der Waals surface area contributed by atoms with Crippen LogP contribution in [0.4, 0.5) is 10.5 Å². The number of urea groups is 1. The summed E-state index contributed by atoms with van der Waals surface area (Å²) in [5.74, 6) is 0. The molecular formula is C17H21ClN4O. The van der Waals surface area contributed by atoms with E-state index in [0.29, 0.717) is 12.2 Å². The standard InChI is InChI=1S/C17H21ClN4O/c1-22(2)14(11-13-7-4-3-5-8-13)12-20-17(23)21-15-9-6-10-19-16(15)18/h3-10,14H,11-12H2,1-2H3,(H2,20,21,23)/t14-/m0/s1. The number of rotatable bonds is 6.